The Balaban J connectivity index is 1.55. The molecule has 2 unspecified atom stereocenters. The smallest absolute Gasteiger partial charge is 0.323 e. The lowest BCUT2D eigenvalue weighted by atomic mass is 9.96. The van der Waals surface area contributed by atoms with E-state index in [1.807, 2.05) is 4.57 Å². The molecule has 1 aliphatic carbocycles. The highest BCUT2D eigenvalue weighted by molar-refractivity contribution is 7.36. The molecule has 0 aliphatic heterocycles. The Kier molecular flexibility index (Phi) is 6.87. The molecule has 0 bridgehead atoms. The summed E-state index contributed by atoms with van der Waals surface area (Å²) in [4.78, 5) is 24.5. The molecular weight excluding hydrogens is 395 g/mol. The lowest BCUT2D eigenvalue weighted by Gasteiger charge is -2.22. The Morgan fingerprint density at radius 2 is 2.10 bits per heavy atom. The molecule has 3 N–H and O–H groups in total. The largest absolute Gasteiger partial charge is 0.462 e. The third kappa shape index (κ3) is 4.94. The second kappa shape index (κ2) is 9.19. The van der Waals surface area contributed by atoms with E-state index in [2.05, 4.69) is 27.0 Å². The van der Waals surface area contributed by atoms with Gasteiger partial charge in [-0.05, 0) is 45.4 Å². The fourth-order valence-electron chi connectivity index (χ4n) is 3.76. The number of rotatable bonds is 8. The monoisotopic (exact) mass is 424 g/mol. The standard InChI is InChI=1S/C18H29N6O4P/c1-10(2)28-18(25)12(4)23-29(26)27-7-13-5-6-14(11(13)3)24-9-22-15-16(19)20-8-21-17(15)24/h8-14,29H,5-7H2,1-4H3,(H,23,26)(H2,19,20,21)/t11?,12-,13-,14-/m0/s1. The molecule has 1 saturated carbocycles. The highest BCUT2D eigenvalue weighted by atomic mass is 31.1. The molecular formula is C18H29N6O4P. The highest BCUT2D eigenvalue weighted by Gasteiger charge is 2.35. The van der Waals surface area contributed by atoms with E-state index in [1.165, 1.54) is 6.33 Å². The number of ether oxygens (including phenoxy) is 1. The minimum Gasteiger partial charge on any atom is -0.462 e. The molecule has 2 heterocycles. The second-order valence-corrected chi connectivity index (χ2v) is 8.95. The molecule has 5 atom stereocenters. The number of nitrogens with two attached hydrogens (primary N) is 1. The van der Waals surface area contributed by atoms with Gasteiger partial charge in [-0.1, -0.05) is 6.92 Å². The van der Waals surface area contributed by atoms with Crippen LogP contribution in [0.5, 0.6) is 0 Å². The molecule has 0 spiro atoms. The lowest BCUT2D eigenvalue weighted by molar-refractivity contribution is -0.149. The fourth-order valence-corrected chi connectivity index (χ4v) is 4.68. The molecule has 160 valence electrons. The van der Waals surface area contributed by atoms with E-state index in [1.54, 1.807) is 27.1 Å². The normalized spacial score (nSPS) is 24.1. The molecule has 0 saturated heterocycles. The van der Waals surface area contributed by atoms with Crippen molar-refractivity contribution in [3.8, 4) is 0 Å². The van der Waals surface area contributed by atoms with Gasteiger partial charge in [0.25, 0.3) is 8.18 Å². The number of aromatic nitrogens is 4. The Morgan fingerprint density at radius 3 is 2.83 bits per heavy atom. The van der Waals surface area contributed by atoms with Crippen LogP contribution in [0.25, 0.3) is 11.2 Å². The van der Waals surface area contributed by atoms with Crippen LogP contribution in [0.4, 0.5) is 5.82 Å². The maximum atomic E-state index is 12.2. The number of hydrogen-bond acceptors (Lipinski definition) is 8. The summed E-state index contributed by atoms with van der Waals surface area (Å²) in [5.41, 5.74) is 7.21. The van der Waals surface area contributed by atoms with Crippen molar-refractivity contribution < 1.29 is 18.6 Å². The SMILES string of the molecule is CC(C)OC(=O)[C@H](C)N[PH](=O)OC[C@@H]1CC[C@H](n2cnc3c(N)ncnc32)C1C. The molecule has 0 amide bonds. The Bertz CT molecular complexity index is 888. The number of fused-ring (bicyclic) bond motifs is 1. The topological polar surface area (TPSA) is 134 Å². The van der Waals surface area contributed by atoms with Gasteiger partial charge in [-0.15, -0.1) is 0 Å². The minimum absolute atomic E-state index is 0.207. The van der Waals surface area contributed by atoms with E-state index in [-0.39, 0.29) is 24.0 Å². The lowest BCUT2D eigenvalue weighted by Crippen LogP contribution is -2.33. The molecule has 0 aromatic carbocycles. The van der Waals surface area contributed by atoms with Crippen LogP contribution in [-0.4, -0.2) is 44.2 Å². The van der Waals surface area contributed by atoms with Crippen LogP contribution >= 0.6 is 8.18 Å². The van der Waals surface area contributed by atoms with Crippen molar-refractivity contribution in [2.75, 3.05) is 12.3 Å². The summed E-state index contributed by atoms with van der Waals surface area (Å²) in [5, 5.41) is 2.70. The van der Waals surface area contributed by atoms with E-state index in [9.17, 15) is 9.36 Å². The first-order valence-corrected chi connectivity index (χ1v) is 11.2. The molecule has 2 aromatic rings. The van der Waals surface area contributed by atoms with Crippen LogP contribution in [0, 0.1) is 11.8 Å². The van der Waals surface area contributed by atoms with Crippen molar-refractivity contribution >= 4 is 31.1 Å². The molecule has 3 rings (SSSR count). The number of nitrogens with zero attached hydrogens (tertiary/aromatic N) is 4. The second-order valence-electron chi connectivity index (χ2n) is 7.80. The quantitative estimate of drug-likeness (QED) is 0.483. The van der Waals surface area contributed by atoms with Crippen LogP contribution in [0.1, 0.15) is 46.6 Å². The van der Waals surface area contributed by atoms with E-state index < -0.39 is 20.2 Å². The average molecular weight is 424 g/mol. The predicted molar refractivity (Wildman–Crippen MR) is 109 cm³/mol. The van der Waals surface area contributed by atoms with Crippen LogP contribution < -0.4 is 10.8 Å². The van der Waals surface area contributed by atoms with Gasteiger partial charge in [-0.2, -0.15) is 0 Å². The first-order chi connectivity index (χ1) is 13.8. The van der Waals surface area contributed by atoms with Gasteiger partial charge >= 0.3 is 5.97 Å². The number of carbonyl (C=O) groups is 1. The number of hydrogen-bond donors (Lipinski definition) is 2. The molecule has 10 nitrogen and oxygen atoms in total. The van der Waals surface area contributed by atoms with Gasteiger partial charge < -0.3 is 19.6 Å². The molecule has 2 aromatic heterocycles. The van der Waals surface area contributed by atoms with Crippen molar-refractivity contribution in [3.05, 3.63) is 12.7 Å². The van der Waals surface area contributed by atoms with E-state index in [4.69, 9.17) is 15.0 Å². The summed E-state index contributed by atoms with van der Waals surface area (Å²) in [6.07, 6.45) is 4.86. The van der Waals surface area contributed by atoms with Gasteiger partial charge in [-0.25, -0.2) is 20.0 Å². The zero-order chi connectivity index (χ0) is 21.1. The third-order valence-corrected chi connectivity index (χ3v) is 6.49. The predicted octanol–water partition coefficient (Wildman–Crippen LogP) is 2.33. The maximum Gasteiger partial charge on any atom is 0.323 e. The van der Waals surface area contributed by atoms with Crippen LogP contribution in [-0.2, 0) is 18.6 Å². The van der Waals surface area contributed by atoms with Gasteiger partial charge in [0.1, 0.15) is 17.9 Å². The molecule has 29 heavy (non-hydrogen) atoms. The summed E-state index contributed by atoms with van der Waals surface area (Å²) >= 11 is 0. The zero-order valence-electron chi connectivity index (χ0n) is 17.2. The van der Waals surface area contributed by atoms with Crippen molar-refractivity contribution in [2.45, 2.75) is 58.7 Å². The van der Waals surface area contributed by atoms with Crippen LogP contribution in [0.2, 0.25) is 0 Å². The Labute approximate surface area is 170 Å². The zero-order valence-corrected chi connectivity index (χ0v) is 18.2. The Morgan fingerprint density at radius 1 is 1.34 bits per heavy atom. The van der Waals surface area contributed by atoms with Gasteiger partial charge in [-0.3, -0.25) is 9.36 Å². The van der Waals surface area contributed by atoms with Gasteiger partial charge in [0.2, 0.25) is 0 Å². The van der Waals surface area contributed by atoms with Crippen molar-refractivity contribution in [1.82, 2.24) is 24.6 Å². The summed E-state index contributed by atoms with van der Waals surface area (Å²) in [7, 11) is -2.55. The summed E-state index contributed by atoms with van der Waals surface area (Å²) in [6, 6.07) is -0.474. The number of nitrogens with one attached hydrogen (secondary N) is 1. The van der Waals surface area contributed by atoms with Crippen molar-refractivity contribution in [2.24, 2.45) is 11.8 Å². The molecule has 1 aliphatic rings. The highest BCUT2D eigenvalue weighted by Crippen LogP contribution is 2.42. The number of nitrogen functional groups attached to an aromatic ring is 1. The van der Waals surface area contributed by atoms with Crippen molar-refractivity contribution in [1.29, 1.82) is 0 Å². The van der Waals surface area contributed by atoms with Gasteiger partial charge in [0.05, 0.1) is 19.0 Å². The van der Waals surface area contributed by atoms with Gasteiger partial charge in [0, 0.05) is 6.04 Å². The number of esters is 1. The van der Waals surface area contributed by atoms with E-state index in [0.29, 0.717) is 17.9 Å². The fraction of sp³-hybridized carbons (Fsp3) is 0.667. The minimum atomic E-state index is -2.55. The summed E-state index contributed by atoms with van der Waals surface area (Å²) in [6.45, 7) is 7.66. The molecule has 11 heteroatoms. The van der Waals surface area contributed by atoms with Gasteiger partial charge in [0.15, 0.2) is 11.5 Å². The summed E-state index contributed by atoms with van der Waals surface area (Å²) < 4.78 is 24.9. The Hall–Kier alpha value is -2.03. The average Bonchev–Trinajstić information content (AvgIpc) is 3.23. The first kappa shape index (κ1) is 21.7. The third-order valence-electron chi connectivity index (χ3n) is 5.40. The maximum absolute atomic E-state index is 12.2. The molecule has 0 radical (unpaired) electrons. The first-order valence-electron chi connectivity index (χ1n) is 9.84. The van der Waals surface area contributed by atoms with Crippen molar-refractivity contribution in [3.63, 3.8) is 0 Å². The molecule has 1 fully saturated rings. The number of imidazole rings is 1. The van der Waals surface area contributed by atoms with E-state index >= 15 is 0 Å². The number of carbonyl (C=O) groups excluding carboxylic acids is 1. The van der Waals surface area contributed by atoms with Crippen LogP contribution in [0.3, 0.4) is 0 Å². The summed E-state index contributed by atoms with van der Waals surface area (Å²) in [5.74, 6) is 0.450. The number of anilines is 1. The van der Waals surface area contributed by atoms with E-state index in [0.717, 1.165) is 18.5 Å². The van der Waals surface area contributed by atoms with Crippen LogP contribution in [0.15, 0.2) is 12.7 Å².